The Morgan fingerprint density at radius 2 is 1.93 bits per heavy atom. The Labute approximate surface area is 88.7 Å². The molecule has 0 amide bonds. The number of nitrogens with two attached hydrogens (primary N) is 1. The first-order chi connectivity index (χ1) is 7.24. The molecule has 82 valence electrons. The normalized spacial score (nSPS) is 26.2. The molecule has 1 aliphatic carbocycles. The second-order valence-electron chi connectivity index (χ2n) is 3.99. The van der Waals surface area contributed by atoms with Crippen LogP contribution in [0.5, 0.6) is 0 Å². The maximum Gasteiger partial charge on any atom is 0.149 e. The molecule has 0 saturated heterocycles. The van der Waals surface area contributed by atoms with E-state index in [-0.39, 0.29) is 6.10 Å². The largest absolute Gasteiger partial charge is 0.393 e. The van der Waals surface area contributed by atoms with Crippen molar-refractivity contribution in [3.8, 4) is 0 Å². The lowest BCUT2D eigenvalue weighted by Gasteiger charge is -2.26. The van der Waals surface area contributed by atoms with Crippen molar-refractivity contribution >= 4 is 11.6 Å². The highest BCUT2D eigenvalue weighted by atomic mass is 16.3. The summed E-state index contributed by atoms with van der Waals surface area (Å²) >= 11 is 0. The highest BCUT2D eigenvalue weighted by Gasteiger charge is 2.19. The summed E-state index contributed by atoms with van der Waals surface area (Å²) in [5.74, 6) is 1.19. The first kappa shape index (κ1) is 10.2. The van der Waals surface area contributed by atoms with Crippen molar-refractivity contribution in [2.45, 2.75) is 37.8 Å². The SMILES string of the molecule is Nc1ccc(NC2CCC(O)CC2)nn1. The van der Waals surface area contributed by atoms with E-state index in [0.717, 1.165) is 31.5 Å². The number of anilines is 2. The molecule has 0 aromatic carbocycles. The summed E-state index contributed by atoms with van der Waals surface area (Å²) in [6, 6.07) is 3.95. The Morgan fingerprint density at radius 1 is 1.20 bits per heavy atom. The third-order valence-corrected chi connectivity index (χ3v) is 2.73. The number of nitrogens with one attached hydrogen (secondary N) is 1. The number of nitrogens with zero attached hydrogens (tertiary/aromatic N) is 2. The maximum absolute atomic E-state index is 9.36. The fourth-order valence-electron chi connectivity index (χ4n) is 1.85. The molecule has 15 heavy (non-hydrogen) atoms. The van der Waals surface area contributed by atoms with Crippen LogP contribution >= 0.6 is 0 Å². The van der Waals surface area contributed by atoms with Gasteiger partial charge in [0.15, 0.2) is 0 Å². The summed E-state index contributed by atoms with van der Waals surface area (Å²) in [6.07, 6.45) is 3.56. The molecule has 0 atom stereocenters. The second kappa shape index (κ2) is 4.44. The first-order valence-electron chi connectivity index (χ1n) is 5.28. The maximum atomic E-state index is 9.36. The van der Waals surface area contributed by atoms with Crippen LogP contribution in [-0.4, -0.2) is 27.4 Å². The van der Waals surface area contributed by atoms with Crippen LogP contribution in [0, 0.1) is 0 Å². The zero-order valence-electron chi connectivity index (χ0n) is 8.56. The second-order valence-corrected chi connectivity index (χ2v) is 3.99. The van der Waals surface area contributed by atoms with E-state index in [0.29, 0.717) is 11.9 Å². The average molecular weight is 208 g/mol. The molecule has 0 bridgehead atoms. The third kappa shape index (κ3) is 2.79. The molecule has 0 spiro atoms. The van der Waals surface area contributed by atoms with Gasteiger partial charge < -0.3 is 16.2 Å². The lowest BCUT2D eigenvalue weighted by molar-refractivity contribution is 0.126. The molecule has 0 radical (unpaired) electrons. The Hall–Kier alpha value is -1.36. The minimum Gasteiger partial charge on any atom is -0.393 e. The van der Waals surface area contributed by atoms with Crippen molar-refractivity contribution in [3.63, 3.8) is 0 Å². The molecule has 4 N–H and O–H groups in total. The van der Waals surface area contributed by atoms with E-state index >= 15 is 0 Å². The van der Waals surface area contributed by atoms with Gasteiger partial charge in [-0.25, -0.2) is 0 Å². The molecule has 5 nitrogen and oxygen atoms in total. The number of aliphatic hydroxyl groups is 1. The third-order valence-electron chi connectivity index (χ3n) is 2.73. The van der Waals surface area contributed by atoms with E-state index < -0.39 is 0 Å². The molecular weight excluding hydrogens is 192 g/mol. The van der Waals surface area contributed by atoms with Crippen molar-refractivity contribution in [1.29, 1.82) is 0 Å². The summed E-state index contributed by atoms with van der Waals surface area (Å²) in [5.41, 5.74) is 5.44. The van der Waals surface area contributed by atoms with E-state index in [2.05, 4.69) is 15.5 Å². The predicted octanol–water partition coefficient (Wildman–Crippen LogP) is 0.774. The monoisotopic (exact) mass is 208 g/mol. The fourth-order valence-corrected chi connectivity index (χ4v) is 1.85. The van der Waals surface area contributed by atoms with Gasteiger partial charge in [0.1, 0.15) is 11.6 Å². The summed E-state index contributed by atoms with van der Waals surface area (Å²) in [6.45, 7) is 0. The minimum atomic E-state index is -0.124. The van der Waals surface area contributed by atoms with Gasteiger partial charge in [-0.15, -0.1) is 10.2 Å². The summed E-state index contributed by atoms with van der Waals surface area (Å²) in [7, 11) is 0. The number of nitrogen functional groups attached to an aromatic ring is 1. The topological polar surface area (TPSA) is 84.1 Å². The van der Waals surface area contributed by atoms with Gasteiger partial charge in [0.05, 0.1) is 6.10 Å². The summed E-state index contributed by atoms with van der Waals surface area (Å²) in [5, 5.41) is 20.4. The molecule has 1 heterocycles. The van der Waals surface area contributed by atoms with E-state index in [4.69, 9.17) is 5.73 Å². The molecule has 1 fully saturated rings. The van der Waals surface area contributed by atoms with Crippen molar-refractivity contribution in [3.05, 3.63) is 12.1 Å². The van der Waals surface area contributed by atoms with Gasteiger partial charge in [-0.2, -0.15) is 0 Å². The van der Waals surface area contributed by atoms with Gasteiger partial charge in [-0.3, -0.25) is 0 Å². The highest BCUT2D eigenvalue weighted by molar-refractivity contribution is 5.39. The van der Waals surface area contributed by atoms with Crippen LogP contribution in [0.25, 0.3) is 0 Å². The number of hydrogen-bond acceptors (Lipinski definition) is 5. The molecule has 1 aliphatic rings. The van der Waals surface area contributed by atoms with Crippen molar-refractivity contribution in [2.24, 2.45) is 0 Å². The molecule has 5 heteroatoms. The summed E-state index contributed by atoms with van der Waals surface area (Å²) < 4.78 is 0. The molecular formula is C10H16N4O. The van der Waals surface area contributed by atoms with E-state index in [1.165, 1.54) is 0 Å². The van der Waals surface area contributed by atoms with E-state index in [1.807, 2.05) is 6.07 Å². The molecule has 0 aliphatic heterocycles. The van der Waals surface area contributed by atoms with Crippen LogP contribution in [0.2, 0.25) is 0 Å². The average Bonchev–Trinajstić information content (AvgIpc) is 2.25. The Morgan fingerprint density at radius 3 is 2.53 bits per heavy atom. The zero-order valence-corrected chi connectivity index (χ0v) is 8.56. The molecule has 1 aromatic heterocycles. The van der Waals surface area contributed by atoms with Crippen LogP contribution in [0.1, 0.15) is 25.7 Å². The van der Waals surface area contributed by atoms with E-state index in [9.17, 15) is 5.11 Å². The standard InChI is InChI=1S/C10H16N4O/c11-9-5-6-10(14-13-9)12-7-1-3-8(15)4-2-7/h5-8,15H,1-4H2,(H2,11,13)(H,12,14). The van der Waals surface area contributed by atoms with Gasteiger partial charge in [-0.05, 0) is 37.8 Å². The molecule has 2 rings (SSSR count). The van der Waals surface area contributed by atoms with Gasteiger partial charge >= 0.3 is 0 Å². The van der Waals surface area contributed by atoms with Gasteiger partial charge in [-0.1, -0.05) is 0 Å². The zero-order chi connectivity index (χ0) is 10.7. The number of aromatic nitrogens is 2. The van der Waals surface area contributed by atoms with Crippen LogP contribution in [0.15, 0.2) is 12.1 Å². The Kier molecular flexibility index (Phi) is 3.01. The quantitative estimate of drug-likeness (QED) is 0.668. The number of hydrogen-bond donors (Lipinski definition) is 3. The molecule has 0 unspecified atom stereocenters. The van der Waals surface area contributed by atoms with Crippen molar-refractivity contribution < 1.29 is 5.11 Å². The Bertz CT molecular complexity index is 306. The fraction of sp³-hybridized carbons (Fsp3) is 0.600. The molecule has 1 aromatic rings. The Balaban J connectivity index is 1.89. The number of aliphatic hydroxyl groups excluding tert-OH is 1. The summed E-state index contributed by atoms with van der Waals surface area (Å²) in [4.78, 5) is 0. The van der Waals surface area contributed by atoms with Crippen molar-refractivity contribution in [1.82, 2.24) is 10.2 Å². The predicted molar refractivity (Wildman–Crippen MR) is 58.3 cm³/mol. The van der Waals surface area contributed by atoms with Crippen LogP contribution in [0.3, 0.4) is 0 Å². The van der Waals surface area contributed by atoms with Crippen LogP contribution < -0.4 is 11.1 Å². The van der Waals surface area contributed by atoms with Crippen molar-refractivity contribution in [2.75, 3.05) is 11.1 Å². The molecule has 1 saturated carbocycles. The lowest BCUT2D eigenvalue weighted by Crippen LogP contribution is -2.28. The van der Waals surface area contributed by atoms with Crippen LogP contribution in [0.4, 0.5) is 11.6 Å². The highest BCUT2D eigenvalue weighted by Crippen LogP contribution is 2.21. The first-order valence-corrected chi connectivity index (χ1v) is 5.28. The van der Waals surface area contributed by atoms with Gasteiger partial charge in [0, 0.05) is 6.04 Å². The van der Waals surface area contributed by atoms with E-state index in [1.54, 1.807) is 6.07 Å². The minimum absolute atomic E-state index is 0.124. The van der Waals surface area contributed by atoms with Gasteiger partial charge in [0.2, 0.25) is 0 Å². The van der Waals surface area contributed by atoms with Crippen LogP contribution in [-0.2, 0) is 0 Å². The smallest absolute Gasteiger partial charge is 0.149 e. The van der Waals surface area contributed by atoms with Gasteiger partial charge in [0.25, 0.3) is 0 Å². The number of rotatable bonds is 2. The lowest BCUT2D eigenvalue weighted by atomic mass is 9.93.